The number of para-hydroxylation sites is 1. The van der Waals surface area contributed by atoms with Crippen LogP contribution in [-0.4, -0.2) is 23.2 Å². The second-order valence-corrected chi connectivity index (χ2v) is 4.93. The Kier molecular flexibility index (Phi) is 4.05. The Labute approximate surface area is 132 Å². The molecule has 3 rings (SSSR count). The number of carbonyl (C=O) groups excluding carboxylic acids is 1. The predicted molar refractivity (Wildman–Crippen MR) is 86.5 cm³/mol. The molecule has 0 saturated heterocycles. The molecule has 0 fully saturated rings. The van der Waals surface area contributed by atoms with E-state index < -0.39 is 0 Å². The minimum atomic E-state index is -0.264. The summed E-state index contributed by atoms with van der Waals surface area (Å²) < 4.78 is 5.18. The Hall–Kier alpha value is -3.15. The fraction of sp³-hybridized carbons (Fsp3) is 0.118. The fourth-order valence-corrected chi connectivity index (χ4v) is 2.40. The number of nitrogens with one attached hydrogen (secondary N) is 2. The average Bonchev–Trinajstić information content (AvgIpc) is 2.61. The van der Waals surface area contributed by atoms with Crippen molar-refractivity contribution >= 4 is 16.7 Å². The van der Waals surface area contributed by atoms with Gasteiger partial charge in [0.1, 0.15) is 5.75 Å². The van der Waals surface area contributed by atoms with Crippen molar-refractivity contribution in [2.45, 2.75) is 6.54 Å². The lowest BCUT2D eigenvalue weighted by Gasteiger charge is -2.09. The highest BCUT2D eigenvalue weighted by Crippen LogP contribution is 2.17. The largest absolute Gasteiger partial charge is 0.496 e. The summed E-state index contributed by atoms with van der Waals surface area (Å²) in [5.41, 5.74) is 0.799. The van der Waals surface area contributed by atoms with Gasteiger partial charge >= 0.3 is 0 Å². The van der Waals surface area contributed by atoms with Crippen molar-refractivity contribution in [2.24, 2.45) is 0 Å². The highest BCUT2D eigenvalue weighted by Gasteiger charge is 2.12. The SMILES string of the molecule is COc1ccccc1C(=O)NCc1n[nH]c(=O)c2ccccc12. The van der Waals surface area contributed by atoms with Crippen LogP contribution in [0.15, 0.2) is 53.3 Å². The van der Waals surface area contributed by atoms with Crippen LogP contribution < -0.4 is 15.6 Å². The van der Waals surface area contributed by atoms with Gasteiger partial charge in [0, 0.05) is 5.39 Å². The summed E-state index contributed by atoms with van der Waals surface area (Å²) in [5.74, 6) is 0.240. The lowest BCUT2D eigenvalue weighted by molar-refractivity contribution is 0.0947. The van der Waals surface area contributed by atoms with E-state index in [1.54, 1.807) is 36.4 Å². The number of amides is 1. The highest BCUT2D eigenvalue weighted by molar-refractivity contribution is 5.97. The molecular formula is C17H15N3O3. The van der Waals surface area contributed by atoms with Gasteiger partial charge in [0.15, 0.2) is 0 Å². The molecule has 0 unspecified atom stereocenters. The lowest BCUT2D eigenvalue weighted by atomic mass is 10.1. The van der Waals surface area contributed by atoms with Crippen LogP contribution in [0.3, 0.4) is 0 Å². The van der Waals surface area contributed by atoms with E-state index >= 15 is 0 Å². The summed E-state index contributed by atoms with van der Waals surface area (Å²) in [6.45, 7) is 0.203. The number of ether oxygens (including phenoxy) is 1. The van der Waals surface area contributed by atoms with Crippen molar-refractivity contribution in [1.82, 2.24) is 15.5 Å². The molecule has 2 aromatic carbocycles. The number of benzene rings is 2. The van der Waals surface area contributed by atoms with Crippen LogP contribution in [0.4, 0.5) is 0 Å². The second-order valence-electron chi connectivity index (χ2n) is 4.93. The normalized spacial score (nSPS) is 10.5. The van der Waals surface area contributed by atoms with Gasteiger partial charge in [-0.05, 0) is 18.2 Å². The van der Waals surface area contributed by atoms with Crippen LogP contribution in [0.2, 0.25) is 0 Å². The van der Waals surface area contributed by atoms with Crippen molar-refractivity contribution in [3.8, 4) is 5.75 Å². The van der Waals surface area contributed by atoms with Crippen LogP contribution in [0.5, 0.6) is 5.75 Å². The molecule has 0 atom stereocenters. The average molecular weight is 309 g/mol. The van der Waals surface area contributed by atoms with Crippen molar-refractivity contribution < 1.29 is 9.53 Å². The number of rotatable bonds is 4. The van der Waals surface area contributed by atoms with Crippen LogP contribution in [-0.2, 0) is 6.54 Å². The first-order valence-electron chi connectivity index (χ1n) is 7.08. The summed E-state index contributed by atoms with van der Waals surface area (Å²) in [7, 11) is 1.52. The molecule has 6 nitrogen and oxygen atoms in total. The quantitative estimate of drug-likeness (QED) is 0.770. The third kappa shape index (κ3) is 2.91. The summed E-state index contributed by atoms with van der Waals surface area (Å²) >= 11 is 0. The first-order chi connectivity index (χ1) is 11.2. The van der Waals surface area contributed by atoms with Crippen LogP contribution in [0.1, 0.15) is 16.1 Å². The molecule has 23 heavy (non-hydrogen) atoms. The number of H-pyrrole nitrogens is 1. The lowest BCUT2D eigenvalue weighted by Crippen LogP contribution is -2.25. The number of aromatic amines is 1. The number of fused-ring (bicyclic) bond motifs is 1. The summed E-state index contributed by atoms with van der Waals surface area (Å²) in [6.07, 6.45) is 0. The summed E-state index contributed by atoms with van der Waals surface area (Å²) in [5, 5.41) is 10.5. The van der Waals surface area contributed by atoms with Crippen molar-refractivity contribution in [3.63, 3.8) is 0 Å². The Morgan fingerprint density at radius 3 is 2.61 bits per heavy atom. The highest BCUT2D eigenvalue weighted by atomic mass is 16.5. The molecular weight excluding hydrogens is 294 g/mol. The maximum Gasteiger partial charge on any atom is 0.272 e. The minimum absolute atomic E-state index is 0.203. The van der Waals surface area contributed by atoms with E-state index in [9.17, 15) is 9.59 Å². The standard InChI is InChI=1S/C17H15N3O3/c1-23-15-9-5-4-8-13(15)16(21)18-10-14-11-6-2-3-7-12(11)17(22)20-19-14/h2-9H,10H2,1H3,(H,18,21)(H,20,22). The summed E-state index contributed by atoms with van der Waals surface area (Å²) in [4.78, 5) is 24.1. The zero-order valence-corrected chi connectivity index (χ0v) is 12.5. The Morgan fingerprint density at radius 2 is 1.83 bits per heavy atom. The molecule has 116 valence electrons. The topological polar surface area (TPSA) is 84.1 Å². The smallest absolute Gasteiger partial charge is 0.272 e. The maximum atomic E-state index is 12.3. The van der Waals surface area contributed by atoms with Gasteiger partial charge in [-0.25, -0.2) is 5.10 Å². The van der Waals surface area contributed by atoms with Gasteiger partial charge in [-0.1, -0.05) is 30.3 Å². The number of carbonyl (C=O) groups is 1. The van der Waals surface area contributed by atoms with Gasteiger partial charge in [0.05, 0.1) is 30.3 Å². The van der Waals surface area contributed by atoms with Crippen molar-refractivity contribution in [2.75, 3.05) is 7.11 Å². The molecule has 0 spiro atoms. The van der Waals surface area contributed by atoms with Gasteiger partial charge in [0.2, 0.25) is 0 Å². The monoisotopic (exact) mass is 309 g/mol. The molecule has 0 aliphatic rings. The zero-order valence-electron chi connectivity index (χ0n) is 12.5. The number of methoxy groups -OCH3 is 1. The van der Waals surface area contributed by atoms with Gasteiger partial charge in [0.25, 0.3) is 11.5 Å². The van der Waals surface area contributed by atoms with Gasteiger partial charge in [-0.3, -0.25) is 9.59 Å². The van der Waals surface area contributed by atoms with Crippen molar-refractivity contribution in [1.29, 1.82) is 0 Å². The molecule has 0 saturated carbocycles. The van der Waals surface area contributed by atoms with E-state index in [4.69, 9.17) is 4.74 Å². The van der Waals surface area contributed by atoms with E-state index in [0.717, 1.165) is 5.39 Å². The Bertz CT molecular complexity index is 918. The number of hydrogen-bond donors (Lipinski definition) is 2. The third-order valence-corrected chi connectivity index (χ3v) is 3.54. The second kappa shape index (κ2) is 6.31. The van der Waals surface area contributed by atoms with Crippen molar-refractivity contribution in [3.05, 3.63) is 70.1 Å². The Morgan fingerprint density at radius 1 is 1.13 bits per heavy atom. The number of aromatic nitrogens is 2. The number of nitrogens with zero attached hydrogens (tertiary/aromatic N) is 1. The zero-order chi connectivity index (χ0) is 16.2. The van der Waals surface area contributed by atoms with E-state index in [1.165, 1.54) is 7.11 Å². The van der Waals surface area contributed by atoms with Gasteiger partial charge in [-0.15, -0.1) is 0 Å². The molecule has 0 bridgehead atoms. The van der Waals surface area contributed by atoms with Crippen LogP contribution in [0.25, 0.3) is 10.8 Å². The Balaban J connectivity index is 1.85. The van der Waals surface area contributed by atoms with Crippen LogP contribution >= 0.6 is 0 Å². The first-order valence-corrected chi connectivity index (χ1v) is 7.08. The molecule has 0 aliphatic carbocycles. The molecule has 0 aliphatic heterocycles. The summed E-state index contributed by atoms with van der Waals surface area (Å²) in [6, 6.07) is 14.1. The predicted octanol–water partition coefficient (Wildman–Crippen LogP) is 1.86. The third-order valence-electron chi connectivity index (χ3n) is 3.54. The maximum absolute atomic E-state index is 12.3. The van der Waals surface area contributed by atoms with E-state index in [-0.39, 0.29) is 18.0 Å². The number of hydrogen-bond acceptors (Lipinski definition) is 4. The van der Waals surface area contributed by atoms with E-state index in [2.05, 4.69) is 15.5 Å². The van der Waals surface area contributed by atoms with Gasteiger partial charge < -0.3 is 10.1 Å². The molecule has 3 aromatic rings. The molecule has 1 aromatic heterocycles. The fourth-order valence-electron chi connectivity index (χ4n) is 2.40. The van der Waals surface area contributed by atoms with E-state index in [0.29, 0.717) is 22.4 Å². The molecule has 0 radical (unpaired) electrons. The molecule has 2 N–H and O–H groups in total. The molecule has 1 heterocycles. The van der Waals surface area contributed by atoms with Gasteiger partial charge in [-0.2, -0.15) is 5.10 Å². The molecule has 1 amide bonds. The molecule has 6 heteroatoms. The first kappa shape index (κ1) is 14.8. The van der Waals surface area contributed by atoms with E-state index in [1.807, 2.05) is 12.1 Å². The van der Waals surface area contributed by atoms with Crippen LogP contribution in [0, 0.1) is 0 Å². The minimum Gasteiger partial charge on any atom is -0.496 e.